The number of benzene rings is 3. The molecule has 7 nitrogen and oxygen atoms in total. The van der Waals surface area contributed by atoms with Crippen molar-refractivity contribution < 1.29 is 19.1 Å². The molecule has 1 aliphatic heterocycles. The molecule has 1 fully saturated rings. The summed E-state index contributed by atoms with van der Waals surface area (Å²) in [6.45, 7) is 0.464. The van der Waals surface area contributed by atoms with Gasteiger partial charge in [-0.25, -0.2) is 4.79 Å². The third-order valence-electron chi connectivity index (χ3n) is 6.88. The molecule has 2 atom stereocenters. The highest BCUT2D eigenvalue weighted by Gasteiger charge is 2.50. The Kier molecular flexibility index (Phi) is 8.56. The molecule has 37 heavy (non-hydrogen) atoms. The Morgan fingerprint density at radius 1 is 0.892 bits per heavy atom. The number of amides is 3. The van der Waals surface area contributed by atoms with Crippen molar-refractivity contribution in [3.8, 4) is 0 Å². The monoisotopic (exact) mass is 499 g/mol. The molecule has 1 heterocycles. The molecule has 0 aliphatic carbocycles. The van der Waals surface area contributed by atoms with E-state index < -0.39 is 17.7 Å². The molecule has 0 unspecified atom stereocenters. The van der Waals surface area contributed by atoms with E-state index in [9.17, 15) is 14.4 Å². The van der Waals surface area contributed by atoms with Gasteiger partial charge in [-0.1, -0.05) is 91.0 Å². The number of nitrogens with zero attached hydrogens (tertiary/aromatic N) is 1. The summed E-state index contributed by atoms with van der Waals surface area (Å²) in [6, 6.07) is 28.2. The van der Waals surface area contributed by atoms with Crippen molar-refractivity contribution in [2.24, 2.45) is 0 Å². The van der Waals surface area contributed by atoms with Crippen LogP contribution in [0, 0.1) is 0 Å². The highest BCUT2D eigenvalue weighted by molar-refractivity contribution is 5.96. The van der Waals surface area contributed by atoms with E-state index >= 15 is 0 Å². The van der Waals surface area contributed by atoms with Crippen molar-refractivity contribution >= 4 is 17.9 Å². The molecule has 0 spiro atoms. The van der Waals surface area contributed by atoms with Gasteiger partial charge >= 0.3 is 6.09 Å². The number of likely N-dealkylation sites (tertiary alicyclic amines) is 1. The van der Waals surface area contributed by atoms with Crippen molar-refractivity contribution in [2.75, 3.05) is 13.6 Å². The van der Waals surface area contributed by atoms with Crippen LogP contribution in [0.5, 0.6) is 0 Å². The normalized spacial score (nSPS) is 17.8. The minimum atomic E-state index is -1.16. The van der Waals surface area contributed by atoms with E-state index in [2.05, 4.69) is 10.6 Å². The summed E-state index contributed by atoms with van der Waals surface area (Å²) >= 11 is 0. The van der Waals surface area contributed by atoms with E-state index in [0.717, 1.165) is 16.7 Å². The summed E-state index contributed by atoms with van der Waals surface area (Å²) in [5, 5.41) is 5.61. The maximum atomic E-state index is 14.0. The molecule has 3 aromatic rings. The van der Waals surface area contributed by atoms with Crippen LogP contribution in [0.2, 0.25) is 0 Å². The van der Waals surface area contributed by atoms with Crippen LogP contribution in [0.15, 0.2) is 91.0 Å². The van der Waals surface area contributed by atoms with E-state index in [1.165, 1.54) is 0 Å². The summed E-state index contributed by atoms with van der Waals surface area (Å²) in [5.74, 6) is -0.493. The van der Waals surface area contributed by atoms with Crippen LogP contribution in [0.4, 0.5) is 4.79 Å². The predicted octanol–water partition coefficient (Wildman–Crippen LogP) is 3.87. The molecule has 0 radical (unpaired) electrons. The van der Waals surface area contributed by atoms with E-state index in [1.807, 2.05) is 91.0 Å². The number of aryl methyl sites for hydroxylation is 1. The first-order valence-electron chi connectivity index (χ1n) is 12.6. The van der Waals surface area contributed by atoms with E-state index in [4.69, 9.17) is 4.74 Å². The van der Waals surface area contributed by atoms with Crippen LogP contribution in [0.1, 0.15) is 29.5 Å². The first-order chi connectivity index (χ1) is 18.0. The third-order valence-corrected chi connectivity index (χ3v) is 6.88. The number of carbonyl (C=O) groups excluding carboxylic acids is 3. The van der Waals surface area contributed by atoms with Gasteiger partial charge in [-0.05, 0) is 36.0 Å². The summed E-state index contributed by atoms with van der Waals surface area (Å²) in [7, 11) is 1.57. The van der Waals surface area contributed by atoms with Crippen molar-refractivity contribution in [1.29, 1.82) is 0 Å². The number of hydrogen-bond acceptors (Lipinski definition) is 4. The molecule has 0 saturated carbocycles. The summed E-state index contributed by atoms with van der Waals surface area (Å²) in [4.78, 5) is 41.4. The first kappa shape index (κ1) is 25.9. The van der Waals surface area contributed by atoms with Gasteiger partial charge in [0.1, 0.15) is 18.2 Å². The summed E-state index contributed by atoms with van der Waals surface area (Å²) < 4.78 is 5.48. The molecule has 0 aromatic heterocycles. The first-order valence-corrected chi connectivity index (χ1v) is 12.6. The second-order valence-electron chi connectivity index (χ2n) is 9.32. The number of carbonyl (C=O) groups is 3. The average Bonchev–Trinajstić information content (AvgIpc) is 3.26. The largest absolute Gasteiger partial charge is 0.445 e. The topological polar surface area (TPSA) is 87.7 Å². The van der Waals surface area contributed by atoms with E-state index in [1.54, 1.807) is 11.9 Å². The van der Waals surface area contributed by atoms with Crippen molar-refractivity contribution in [2.45, 2.75) is 43.9 Å². The van der Waals surface area contributed by atoms with Gasteiger partial charge in [0.15, 0.2) is 0 Å². The zero-order valence-electron chi connectivity index (χ0n) is 21.1. The van der Waals surface area contributed by atoms with Crippen molar-refractivity contribution in [3.63, 3.8) is 0 Å². The minimum Gasteiger partial charge on any atom is -0.445 e. The van der Waals surface area contributed by atoms with Gasteiger partial charge in [-0.15, -0.1) is 0 Å². The highest BCUT2D eigenvalue weighted by Crippen LogP contribution is 2.31. The summed E-state index contributed by atoms with van der Waals surface area (Å²) in [5.41, 5.74) is 1.73. The fourth-order valence-corrected chi connectivity index (χ4v) is 4.81. The van der Waals surface area contributed by atoms with E-state index in [-0.39, 0.29) is 18.4 Å². The van der Waals surface area contributed by atoms with Gasteiger partial charge in [0.05, 0.1) is 0 Å². The smallest absolute Gasteiger partial charge is 0.408 e. The fraction of sp³-hybridized carbons (Fsp3) is 0.300. The van der Waals surface area contributed by atoms with Crippen LogP contribution in [-0.4, -0.2) is 48.0 Å². The third kappa shape index (κ3) is 6.55. The predicted molar refractivity (Wildman–Crippen MR) is 142 cm³/mol. The van der Waals surface area contributed by atoms with Crippen molar-refractivity contribution in [1.82, 2.24) is 15.5 Å². The number of ether oxygens (including phenoxy) is 1. The fourth-order valence-electron chi connectivity index (χ4n) is 4.81. The van der Waals surface area contributed by atoms with Crippen molar-refractivity contribution in [3.05, 3.63) is 108 Å². The lowest BCUT2D eigenvalue weighted by Crippen LogP contribution is -2.57. The number of likely N-dealkylation sites (N-methyl/N-ethyl adjacent to an activating group) is 1. The highest BCUT2D eigenvalue weighted by atomic mass is 16.5. The molecular weight excluding hydrogens is 466 g/mol. The number of nitrogens with one attached hydrogen (secondary N) is 2. The molecular formula is C30H33N3O4. The SMILES string of the molecule is CNC(=O)[C@H](Cc1ccccc1)N1CC[C@](CCc2ccccc2)(NC(=O)OCc2ccccc2)C1=O. The van der Waals surface area contributed by atoms with Gasteiger partial charge in [-0.3, -0.25) is 9.59 Å². The molecule has 2 N–H and O–H groups in total. The van der Waals surface area contributed by atoms with Gasteiger partial charge in [0.25, 0.3) is 0 Å². The zero-order valence-corrected chi connectivity index (χ0v) is 21.1. The van der Waals surface area contributed by atoms with Crippen LogP contribution in [-0.2, 0) is 33.8 Å². The second-order valence-corrected chi connectivity index (χ2v) is 9.32. The molecule has 1 aliphatic rings. The van der Waals surface area contributed by atoms with Crippen LogP contribution >= 0.6 is 0 Å². The Labute approximate surface area is 217 Å². The maximum absolute atomic E-state index is 14.0. The standard InChI is InChI=1S/C30H33N3O4/c1-31-27(34)26(21-24-13-7-3-8-14-24)33-20-19-30(28(33)35,18-17-23-11-5-2-6-12-23)32-29(36)37-22-25-15-9-4-10-16-25/h2-16,26H,17-22H2,1H3,(H,31,34)(H,32,36)/t26-,30-/m0/s1. The Hall–Kier alpha value is -4.13. The van der Waals surface area contributed by atoms with Crippen LogP contribution in [0.3, 0.4) is 0 Å². The zero-order chi connectivity index (χ0) is 26.1. The number of alkyl carbamates (subject to hydrolysis) is 1. The maximum Gasteiger partial charge on any atom is 0.408 e. The Bertz CT molecular complexity index is 1190. The molecule has 4 rings (SSSR count). The lowest BCUT2D eigenvalue weighted by atomic mass is 9.89. The lowest BCUT2D eigenvalue weighted by molar-refractivity contribution is -0.140. The number of rotatable bonds is 10. The molecule has 7 heteroatoms. The summed E-state index contributed by atoms with van der Waals surface area (Å²) in [6.07, 6.45) is 1.13. The average molecular weight is 500 g/mol. The molecule has 3 amide bonds. The van der Waals surface area contributed by atoms with E-state index in [0.29, 0.717) is 32.2 Å². The minimum absolute atomic E-state index is 0.105. The Morgan fingerprint density at radius 3 is 2.05 bits per heavy atom. The Balaban J connectivity index is 1.54. The lowest BCUT2D eigenvalue weighted by Gasteiger charge is -2.31. The molecule has 3 aromatic carbocycles. The van der Waals surface area contributed by atoms with Crippen LogP contribution in [0.25, 0.3) is 0 Å². The number of hydrogen-bond donors (Lipinski definition) is 2. The van der Waals surface area contributed by atoms with Gasteiger partial charge in [-0.2, -0.15) is 0 Å². The second kappa shape index (κ2) is 12.2. The molecule has 192 valence electrons. The molecule has 0 bridgehead atoms. The Morgan fingerprint density at radius 2 is 1.46 bits per heavy atom. The van der Waals surface area contributed by atoms with Gasteiger partial charge < -0.3 is 20.3 Å². The van der Waals surface area contributed by atoms with Crippen LogP contribution < -0.4 is 10.6 Å². The van der Waals surface area contributed by atoms with Gasteiger partial charge in [0.2, 0.25) is 11.8 Å². The van der Waals surface area contributed by atoms with Gasteiger partial charge in [0, 0.05) is 20.0 Å². The molecule has 1 saturated heterocycles. The quantitative estimate of drug-likeness (QED) is 0.443.